The molecule has 0 bridgehead atoms. The minimum absolute atomic E-state index is 0.252. The fourth-order valence-corrected chi connectivity index (χ4v) is 4.69. The predicted octanol–water partition coefficient (Wildman–Crippen LogP) is 5.23. The molecule has 1 atom stereocenters. The molecule has 1 saturated carbocycles. The minimum atomic E-state index is -0.722. The second-order valence-electron chi connectivity index (χ2n) is 6.79. The summed E-state index contributed by atoms with van der Waals surface area (Å²) >= 11 is 1.63. The van der Waals surface area contributed by atoms with Crippen LogP contribution in [0, 0.1) is 5.92 Å². The van der Waals surface area contributed by atoms with Gasteiger partial charge >= 0.3 is 5.97 Å². The van der Waals surface area contributed by atoms with E-state index in [1.807, 2.05) is 42.5 Å². The molecule has 1 N–H and O–H groups in total. The van der Waals surface area contributed by atoms with E-state index in [2.05, 4.69) is 11.1 Å². The normalized spacial score (nSPS) is 16.0. The first-order chi connectivity index (χ1) is 12.7. The number of para-hydroxylation sites is 1. The molecule has 4 rings (SSSR count). The Morgan fingerprint density at radius 1 is 1.15 bits per heavy atom. The van der Waals surface area contributed by atoms with Crippen molar-refractivity contribution in [1.29, 1.82) is 0 Å². The lowest BCUT2D eigenvalue weighted by molar-refractivity contribution is -0.140. The van der Waals surface area contributed by atoms with Crippen LogP contribution in [0.2, 0.25) is 0 Å². The molecule has 2 aromatic carbocycles. The predicted molar refractivity (Wildman–Crippen MR) is 103 cm³/mol. The zero-order valence-corrected chi connectivity index (χ0v) is 15.2. The average molecular weight is 367 g/mol. The standard InChI is InChI=1S/C21H21NO3S/c23-21(24)20(14-5-1-2-6-14)15-9-11-16(12-10-15)25-13-19-22-17-7-3-4-8-18(17)26-19/h3-4,7-12,14,20H,1-2,5-6,13H2,(H,23,24). The van der Waals surface area contributed by atoms with Gasteiger partial charge in [0.2, 0.25) is 0 Å². The molecule has 1 unspecified atom stereocenters. The van der Waals surface area contributed by atoms with Gasteiger partial charge < -0.3 is 9.84 Å². The summed E-state index contributed by atoms with van der Waals surface area (Å²) in [4.78, 5) is 16.3. The van der Waals surface area contributed by atoms with Crippen LogP contribution in [0.3, 0.4) is 0 Å². The number of benzene rings is 2. The summed E-state index contributed by atoms with van der Waals surface area (Å²) < 4.78 is 7.00. The fraction of sp³-hybridized carbons (Fsp3) is 0.333. The number of carboxylic acids is 1. The number of aliphatic carboxylic acids is 1. The van der Waals surface area contributed by atoms with Crippen LogP contribution >= 0.6 is 11.3 Å². The molecule has 5 heteroatoms. The zero-order chi connectivity index (χ0) is 17.9. The van der Waals surface area contributed by atoms with Crippen LogP contribution in [0.25, 0.3) is 10.2 Å². The van der Waals surface area contributed by atoms with E-state index in [4.69, 9.17) is 4.74 Å². The maximum Gasteiger partial charge on any atom is 0.311 e. The summed E-state index contributed by atoms with van der Waals surface area (Å²) in [5.74, 6) is -0.138. The molecule has 0 radical (unpaired) electrons. The van der Waals surface area contributed by atoms with Crippen LogP contribution in [0.5, 0.6) is 5.75 Å². The number of ether oxygens (including phenoxy) is 1. The van der Waals surface area contributed by atoms with Gasteiger partial charge in [0.05, 0.1) is 16.1 Å². The van der Waals surface area contributed by atoms with Crippen molar-refractivity contribution in [1.82, 2.24) is 4.98 Å². The third-order valence-corrected chi connectivity index (χ3v) is 6.09. The summed E-state index contributed by atoms with van der Waals surface area (Å²) in [6, 6.07) is 15.6. The van der Waals surface area contributed by atoms with Crippen LogP contribution in [0.1, 0.15) is 42.2 Å². The van der Waals surface area contributed by atoms with Gasteiger partial charge in [0, 0.05) is 0 Å². The van der Waals surface area contributed by atoms with Crippen molar-refractivity contribution < 1.29 is 14.6 Å². The summed E-state index contributed by atoms with van der Waals surface area (Å²) in [7, 11) is 0. The molecule has 0 amide bonds. The summed E-state index contributed by atoms with van der Waals surface area (Å²) in [6.45, 7) is 0.420. The molecule has 0 aliphatic heterocycles. The molecular formula is C21H21NO3S. The highest BCUT2D eigenvalue weighted by Gasteiger charge is 2.31. The van der Waals surface area contributed by atoms with Gasteiger partial charge in [-0.1, -0.05) is 37.1 Å². The number of thiazole rings is 1. The first kappa shape index (κ1) is 17.0. The van der Waals surface area contributed by atoms with E-state index in [-0.39, 0.29) is 5.92 Å². The third kappa shape index (κ3) is 3.58. The van der Waals surface area contributed by atoms with Gasteiger partial charge in [-0.25, -0.2) is 4.98 Å². The van der Waals surface area contributed by atoms with E-state index in [1.165, 1.54) is 0 Å². The van der Waals surface area contributed by atoms with E-state index < -0.39 is 11.9 Å². The van der Waals surface area contributed by atoms with Crippen molar-refractivity contribution in [2.45, 2.75) is 38.2 Å². The SMILES string of the molecule is O=C(O)C(c1ccc(OCc2nc3ccccc3s2)cc1)C1CCCC1. The molecule has 1 heterocycles. The minimum Gasteiger partial charge on any atom is -0.486 e. The van der Waals surface area contributed by atoms with Gasteiger partial charge in [0.25, 0.3) is 0 Å². The highest BCUT2D eigenvalue weighted by atomic mass is 32.1. The number of rotatable bonds is 6. The number of carbonyl (C=O) groups is 1. The fourth-order valence-electron chi connectivity index (χ4n) is 3.81. The maximum atomic E-state index is 11.7. The second-order valence-corrected chi connectivity index (χ2v) is 7.91. The molecule has 1 aliphatic rings. The van der Waals surface area contributed by atoms with Gasteiger partial charge in [-0.2, -0.15) is 0 Å². The van der Waals surface area contributed by atoms with Crippen LogP contribution in [-0.4, -0.2) is 16.1 Å². The largest absolute Gasteiger partial charge is 0.486 e. The molecule has 4 nitrogen and oxygen atoms in total. The lowest BCUT2D eigenvalue weighted by Gasteiger charge is -2.19. The number of hydrogen-bond acceptors (Lipinski definition) is 4. The number of fused-ring (bicyclic) bond motifs is 1. The van der Waals surface area contributed by atoms with Crippen molar-refractivity contribution in [3.8, 4) is 5.75 Å². The number of carboxylic acid groups (broad SMARTS) is 1. The van der Waals surface area contributed by atoms with Crippen LogP contribution in [0.4, 0.5) is 0 Å². The topological polar surface area (TPSA) is 59.4 Å². The molecule has 26 heavy (non-hydrogen) atoms. The first-order valence-corrected chi connectivity index (χ1v) is 9.82. The number of hydrogen-bond donors (Lipinski definition) is 1. The molecule has 1 aromatic heterocycles. The molecule has 1 aliphatic carbocycles. The van der Waals surface area contributed by atoms with E-state index >= 15 is 0 Å². The first-order valence-electron chi connectivity index (χ1n) is 9.01. The summed E-state index contributed by atoms with van der Waals surface area (Å²) in [5, 5.41) is 10.6. The van der Waals surface area contributed by atoms with Crippen molar-refractivity contribution in [3.63, 3.8) is 0 Å². The highest BCUT2D eigenvalue weighted by Crippen LogP contribution is 2.38. The van der Waals surface area contributed by atoms with Crippen molar-refractivity contribution in [2.24, 2.45) is 5.92 Å². The Hall–Kier alpha value is -2.40. The summed E-state index contributed by atoms with van der Waals surface area (Å²) in [5.41, 5.74) is 1.86. The third-order valence-electron chi connectivity index (χ3n) is 5.08. The summed E-state index contributed by atoms with van der Waals surface area (Å²) in [6.07, 6.45) is 4.29. The van der Waals surface area contributed by atoms with Crippen LogP contribution < -0.4 is 4.74 Å². The lowest BCUT2D eigenvalue weighted by Crippen LogP contribution is -2.19. The molecular weight excluding hydrogens is 346 g/mol. The quantitative estimate of drug-likeness (QED) is 0.648. The van der Waals surface area contributed by atoms with E-state index in [9.17, 15) is 9.90 Å². The molecule has 3 aromatic rings. The number of nitrogens with zero attached hydrogens (tertiary/aromatic N) is 1. The lowest BCUT2D eigenvalue weighted by atomic mass is 9.85. The Kier molecular flexibility index (Phi) is 4.89. The monoisotopic (exact) mass is 367 g/mol. The average Bonchev–Trinajstić information content (AvgIpc) is 3.30. The molecule has 0 saturated heterocycles. The van der Waals surface area contributed by atoms with E-state index in [1.54, 1.807) is 11.3 Å². The molecule has 0 spiro atoms. The highest BCUT2D eigenvalue weighted by molar-refractivity contribution is 7.18. The van der Waals surface area contributed by atoms with E-state index in [0.717, 1.165) is 52.2 Å². The zero-order valence-electron chi connectivity index (χ0n) is 14.4. The Balaban J connectivity index is 1.44. The van der Waals surface area contributed by atoms with Gasteiger partial charge in [0.1, 0.15) is 17.4 Å². The van der Waals surface area contributed by atoms with Gasteiger partial charge in [-0.15, -0.1) is 11.3 Å². The van der Waals surface area contributed by atoms with Crippen molar-refractivity contribution in [2.75, 3.05) is 0 Å². The maximum absolute atomic E-state index is 11.7. The van der Waals surface area contributed by atoms with E-state index in [0.29, 0.717) is 6.61 Å². The Morgan fingerprint density at radius 2 is 1.88 bits per heavy atom. The Morgan fingerprint density at radius 3 is 2.58 bits per heavy atom. The van der Waals surface area contributed by atoms with Crippen LogP contribution in [0.15, 0.2) is 48.5 Å². The van der Waals surface area contributed by atoms with Gasteiger partial charge in [-0.05, 0) is 48.6 Å². The van der Waals surface area contributed by atoms with Crippen molar-refractivity contribution >= 4 is 27.5 Å². The van der Waals surface area contributed by atoms with Crippen LogP contribution in [-0.2, 0) is 11.4 Å². The Labute approximate surface area is 156 Å². The van der Waals surface area contributed by atoms with Gasteiger partial charge in [0.15, 0.2) is 0 Å². The molecule has 1 fully saturated rings. The molecule has 134 valence electrons. The second kappa shape index (κ2) is 7.46. The number of aromatic nitrogens is 1. The van der Waals surface area contributed by atoms with Crippen molar-refractivity contribution in [3.05, 3.63) is 59.1 Å². The smallest absolute Gasteiger partial charge is 0.311 e. The van der Waals surface area contributed by atoms with Gasteiger partial charge in [-0.3, -0.25) is 4.79 Å². The Bertz CT molecular complexity index is 864.